The molecule has 0 saturated heterocycles. The Bertz CT molecular complexity index is 558. The molecule has 1 heterocycles. The van der Waals surface area contributed by atoms with Crippen LogP contribution >= 0.6 is 0 Å². The molecule has 1 amide bonds. The first kappa shape index (κ1) is 12.2. The van der Waals surface area contributed by atoms with Crippen molar-refractivity contribution < 1.29 is 13.6 Å². The van der Waals surface area contributed by atoms with Gasteiger partial charge in [0.1, 0.15) is 5.82 Å². The average molecular weight is 248 g/mol. The topological polar surface area (TPSA) is 42.0 Å². The van der Waals surface area contributed by atoms with Crippen molar-refractivity contribution in [2.75, 3.05) is 12.0 Å². The van der Waals surface area contributed by atoms with Crippen molar-refractivity contribution in [3.8, 4) is 11.1 Å². The van der Waals surface area contributed by atoms with E-state index in [0.717, 1.165) is 0 Å². The molecule has 18 heavy (non-hydrogen) atoms. The van der Waals surface area contributed by atoms with Gasteiger partial charge in [-0.05, 0) is 35.9 Å². The minimum Gasteiger partial charge on any atom is -0.324 e. The number of alkyl halides is 1. The van der Waals surface area contributed by atoms with E-state index in [4.69, 9.17) is 0 Å². The minimum atomic E-state index is -1.11. The number of hydrogen-bond acceptors (Lipinski definition) is 2. The summed E-state index contributed by atoms with van der Waals surface area (Å²) < 4.78 is 25.7. The first-order chi connectivity index (χ1) is 8.70. The van der Waals surface area contributed by atoms with Crippen LogP contribution in [0.25, 0.3) is 11.1 Å². The third-order valence-corrected chi connectivity index (χ3v) is 2.36. The van der Waals surface area contributed by atoms with E-state index in [1.54, 1.807) is 24.5 Å². The summed E-state index contributed by atoms with van der Waals surface area (Å²) in [5, 5.41) is 2.33. The lowest BCUT2D eigenvalue weighted by atomic mass is 10.1. The average Bonchev–Trinajstić information content (AvgIpc) is 2.42. The van der Waals surface area contributed by atoms with E-state index in [-0.39, 0.29) is 0 Å². The van der Waals surface area contributed by atoms with Crippen LogP contribution in [-0.4, -0.2) is 17.6 Å². The number of carbonyl (C=O) groups excluding carboxylic acids is 1. The highest BCUT2D eigenvalue weighted by Gasteiger charge is 2.08. The molecule has 0 radical (unpaired) electrons. The van der Waals surface area contributed by atoms with Gasteiger partial charge in [-0.25, -0.2) is 8.78 Å². The predicted molar refractivity (Wildman–Crippen MR) is 64.2 cm³/mol. The van der Waals surface area contributed by atoms with Gasteiger partial charge in [-0.2, -0.15) is 0 Å². The molecule has 0 atom stereocenters. The number of nitrogens with zero attached hydrogens (tertiary/aromatic N) is 1. The van der Waals surface area contributed by atoms with Crippen molar-refractivity contribution in [1.82, 2.24) is 4.98 Å². The molecule has 2 rings (SSSR count). The molecule has 0 aliphatic carbocycles. The minimum absolute atomic E-state index is 0.328. The van der Waals surface area contributed by atoms with Gasteiger partial charge in [-0.15, -0.1) is 0 Å². The van der Waals surface area contributed by atoms with Gasteiger partial charge in [-0.3, -0.25) is 9.78 Å². The highest BCUT2D eigenvalue weighted by atomic mass is 19.1. The summed E-state index contributed by atoms with van der Waals surface area (Å²) in [6, 6.07) is 7.37. The monoisotopic (exact) mass is 248 g/mol. The molecule has 0 aliphatic rings. The first-order valence-corrected chi connectivity index (χ1v) is 5.26. The fourth-order valence-electron chi connectivity index (χ4n) is 1.55. The van der Waals surface area contributed by atoms with Crippen molar-refractivity contribution in [3.05, 3.63) is 48.5 Å². The number of anilines is 1. The van der Waals surface area contributed by atoms with Crippen molar-refractivity contribution in [3.63, 3.8) is 0 Å². The van der Waals surface area contributed by atoms with Crippen LogP contribution in [0.5, 0.6) is 0 Å². The Morgan fingerprint density at radius 3 is 2.61 bits per heavy atom. The van der Waals surface area contributed by atoms with E-state index >= 15 is 0 Å². The number of carbonyl (C=O) groups is 1. The van der Waals surface area contributed by atoms with Gasteiger partial charge in [0.05, 0.1) is 0 Å². The van der Waals surface area contributed by atoms with Crippen molar-refractivity contribution in [2.24, 2.45) is 0 Å². The third kappa shape index (κ3) is 2.68. The maximum atomic E-state index is 13.7. The Balaban J connectivity index is 2.36. The highest BCUT2D eigenvalue weighted by Crippen LogP contribution is 2.25. The molecule has 3 nitrogen and oxygen atoms in total. The van der Waals surface area contributed by atoms with E-state index < -0.39 is 18.4 Å². The summed E-state index contributed by atoms with van der Waals surface area (Å²) in [5.74, 6) is -1.18. The number of amides is 1. The summed E-state index contributed by atoms with van der Waals surface area (Å²) >= 11 is 0. The van der Waals surface area contributed by atoms with Gasteiger partial charge in [-0.1, -0.05) is 0 Å². The molecular weight excluding hydrogens is 238 g/mol. The Hall–Kier alpha value is -2.30. The maximum Gasteiger partial charge on any atom is 0.255 e. The molecule has 0 bridgehead atoms. The van der Waals surface area contributed by atoms with Crippen LogP contribution in [0, 0.1) is 5.82 Å². The van der Waals surface area contributed by atoms with Crippen molar-refractivity contribution in [2.45, 2.75) is 0 Å². The Labute approximate surface area is 102 Å². The summed E-state index contributed by atoms with van der Waals surface area (Å²) in [4.78, 5) is 14.8. The van der Waals surface area contributed by atoms with Crippen molar-refractivity contribution >= 4 is 11.6 Å². The molecule has 1 aromatic carbocycles. The molecular formula is C13H10F2N2O. The molecule has 5 heteroatoms. The van der Waals surface area contributed by atoms with Gasteiger partial charge in [0.2, 0.25) is 0 Å². The fourth-order valence-corrected chi connectivity index (χ4v) is 1.55. The quantitative estimate of drug-likeness (QED) is 0.907. The summed E-state index contributed by atoms with van der Waals surface area (Å²) in [6.45, 7) is -1.11. The number of pyridine rings is 1. The van der Waals surface area contributed by atoms with Crippen molar-refractivity contribution in [1.29, 1.82) is 0 Å². The van der Waals surface area contributed by atoms with Gasteiger partial charge in [0.25, 0.3) is 5.91 Å². The molecule has 0 spiro atoms. The fraction of sp³-hybridized carbons (Fsp3) is 0.0769. The first-order valence-electron chi connectivity index (χ1n) is 5.26. The molecule has 1 aromatic heterocycles. The van der Waals surface area contributed by atoms with E-state index in [2.05, 4.69) is 10.3 Å². The summed E-state index contributed by atoms with van der Waals surface area (Å²) in [5.41, 5.74) is 1.32. The van der Waals surface area contributed by atoms with Gasteiger partial charge in [0, 0.05) is 23.6 Å². The maximum absolute atomic E-state index is 13.7. The van der Waals surface area contributed by atoms with Gasteiger partial charge >= 0.3 is 0 Å². The van der Waals surface area contributed by atoms with Crippen LogP contribution in [0.2, 0.25) is 0 Å². The smallest absolute Gasteiger partial charge is 0.255 e. The Morgan fingerprint density at radius 1 is 1.22 bits per heavy atom. The molecule has 0 aliphatic heterocycles. The number of nitrogens with one attached hydrogen (secondary N) is 1. The number of rotatable bonds is 3. The van der Waals surface area contributed by atoms with Crippen LogP contribution in [0.3, 0.4) is 0 Å². The summed E-state index contributed by atoms with van der Waals surface area (Å²) in [6.07, 6.45) is 3.09. The second-order valence-corrected chi connectivity index (χ2v) is 3.61. The Kier molecular flexibility index (Phi) is 3.62. The second-order valence-electron chi connectivity index (χ2n) is 3.61. The highest BCUT2D eigenvalue weighted by molar-refractivity contribution is 5.92. The van der Waals surface area contributed by atoms with Crippen LogP contribution in [-0.2, 0) is 4.79 Å². The lowest BCUT2D eigenvalue weighted by Crippen LogP contribution is -2.13. The second kappa shape index (κ2) is 5.35. The van der Waals surface area contributed by atoms with E-state index in [9.17, 15) is 13.6 Å². The standard InChI is InChI=1S/C13H10F2N2O/c14-8-13(18)17-10-1-2-12(15)11(7-10)9-3-5-16-6-4-9/h1-7H,8H2,(H,17,18). The number of halogens is 2. The van der Waals surface area contributed by atoms with Crippen LogP contribution in [0.4, 0.5) is 14.5 Å². The largest absolute Gasteiger partial charge is 0.324 e. The molecule has 1 N–H and O–H groups in total. The van der Waals surface area contributed by atoms with Crippen LogP contribution in [0.15, 0.2) is 42.7 Å². The number of aromatic nitrogens is 1. The van der Waals surface area contributed by atoms with Gasteiger partial charge in [0.15, 0.2) is 6.67 Å². The predicted octanol–water partition coefficient (Wildman–Crippen LogP) is 2.80. The van der Waals surface area contributed by atoms with Crippen LogP contribution in [0.1, 0.15) is 0 Å². The zero-order valence-electron chi connectivity index (χ0n) is 9.36. The Morgan fingerprint density at radius 2 is 1.94 bits per heavy atom. The molecule has 0 unspecified atom stereocenters. The van der Waals surface area contributed by atoms with E-state index in [0.29, 0.717) is 16.8 Å². The number of hydrogen-bond donors (Lipinski definition) is 1. The molecule has 0 saturated carbocycles. The lowest BCUT2D eigenvalue weighted by molar-refractivity contribution is -0.117. The zero-order chi connectivity index (χ0) is 13.0. The van der Waals surface area contributed by atoms with E-state index in [1.165, 1.54) is 18.2 Å². The third-order valence-electron chi connectivity index (χ3n) is 2.36. The van der Waals surface area contributed by atoms with Crippen LogP contribution < -0.4 is 5.32 Å². The lowest BCUT2D eigenvalue weighted by Gasteiger charge is -2.07. The SMILES string of the molecule is O=C(CF)Nc1ccc(F)c(-c2ccncc2)c1. The number of benzene rings is 1. The van der Waals surface area contributed by atoms with Gasteiger partial charge < -0.3 is 5.32 Å². The molecule has 92 valence electrons. The zero-order valence-corrected chi connectivity index (χ0v) is 9.36. The normalized spacial score (nSPS) is 10.1. The molecule has 0 fully saturated rings. The summed E-state index contributed by atoms with van der Waals surface area (Å²) in [7, 11) is 0. The molecule has 2 aromatic rings. The van der Waals surface area contributed by atoms with E-state index in [1.807, 2.05) is 0 Å².